The van der Waals surface area contributed by atoms with Gasteiger partial charge in [0.2, 0.25) is 9.84 Å². The highest BCUT2D eigenvalue weighted by molar-refractivity contribution is 7.91. The summed E-state index contributed by atoms with van der Waals surface area (Å²) in [5, 5.41) is 7.27. The highest BCUT2D eigenvalue weighted by Gasteiger charge is 2.24. The van der Waals surface area contributed by atoms with E-state index in [1.807, 2.05) is 17.5 Å². The lowest BCUT2D eigenvalue weighted by Gasteiger charge is -2.11. The number of sulfone groups is 1. The van der Waals surface area contributed by atoms with Crippen LogP contribution in [0.1, 0.15) is 11.3 Å². The predicted molar refractivity (Wildman–Crippen MR) is 111 cm³/mol. The molecule has 0 saturated heterocycles. The average Bonchev–Trinajstić information content (AvgIpc) is 3.25. The second kappa shape index (κ2) is 6.79. The van der Waals surface area contributed by atoms with Gasteiger partial charge in [0.05, 0.1) is 14.8 Å². The molecule has 0 saturated carbocycles. The third-order valence-corrected chi connectivity index (χ3v) is 7.69. The predicted octanol–water partition coefficient (Wildman–Crippen LogP) is 5.20. The highest BCUT2D eigenvalue weighted by atomic mass is 35.5. The van der Waals surface area contributed by atoms with Gasteiger partial charge in [0.15, 0.2) is 5.58 Å². The van der Waals surface area contributed by atoms with Crippen molar-refractivity contribution in [2.45, 2.75) is 22.8 Å². The summed E-state index contributed by atoms with van der Waals surface area (Å²) in [5.74, 6) is 0.884. The number of benzene rings is 2. The summed E-state index contributed by atoms with van der Waals surface area (Å²) in [6, 6.07) is 10.3. The molecule has 3 heterocycles. The fraction of sp³-hybridized carbons (Fsp3) is 0.158. The first-order valence-electron chi connectivity index (χ1n) is 8.21. The summed E-state index contributed by atoms with van der Waals surface area (Å²) in [5.41, 5.74) is 1.56. The Morgan fingerprint density at radius 1 is 1.11 bits per heavy atom. The van der Waals surface area contributed by atoms with Crippen molar-refractivity contribution < 1.29 is 12.8 Å². The zero-order valence-electron chi connectivity index (χ0n) is 14.0. The van der Waals surface area contributed by atoms with Gasteiger partial charge in [0, 0.05) is 35.2 Å². The molecule has 1 N–H and O–H groups in total. The fourth-order valence-corrected chi connectivity index (χ4v) is 5.89. The molecule has 0 atom stereocenters. The van der Waals surface area contributed by atoms with E-state index in [0.29, 0.717) is 17.2 Å². The van der Waals surface area contributed by atoms with Crippen LogP contribution < -0.4 is 5.32 Å². The van der Waals surface area contributed by atoms with Crippen molar-refractivity contribution in [1.29, 1.82) is 0 Å². The molecule has 0 fully saturated rings. The summed E-state index contributed by atoms with van der Waals surface area (Å²) >= 11 is 7.96. The molecule has 1 aliphatic heterocycles. The molecule has 0 unspecified atom stereocenters. The third kappa shape index (κ3) is 2.96. The molecule has 2 aromatic heterocycles. The van der Waals surface area contributed by atoms with E-state index in [0.717, 1.165) is 39.8 Å². The van der Waals surface area contributed by atoms with E-state index in [2.05, 4.69) is 5.32 Å². The normalized spacial score (nSPS) is 14.3. The van der Waals surface area contributed by atoms with Crippen LogP contribution in [0.15, 0.2) is 56.0 Å². The van der Waals surface area contributed by atoms with Crippen LogP contribution in [-0.4, -0.2) is 15.0 Å². The van der Waals surface area contributed by atoms with Crippen molar-refractivity contribution in [2.24, 2.45) is 0 Å². The molecule has 2 aromatic carbocycles. The Hall–Kier alpha value is -1.57. The first kappa shape index (κ1) is 18.8. The summed E-state index contributed by atoms with van der Waals surface area (Å²) in [4.78, 5) is 0.466. The van der Waals surface area contributed by atoms with Gasteiger partial charge in [-0.05, 0) is 47.2 Å². The molecular formula is C19H15Cl2NO3S2. The Bertz CT molecular complexity index is 1280. The SMILES string of the molecule is Cl.O=S(=O)(c1ccc2sccc2c1)c1cc(Cl)c2oc3c(c2c1)CNCC3. The molecular weight excluding hydrogens is 425 g/mol. The van der Waals surface area contributed by atoms with Gasteiger partial charge in [-0.15, -0.1) is 23.7 Å². The Kier molecular flexibility index (Phi) is 4.72. The van der Waals surface area contributed by atoms with Crippen LogP contribution in [0.2, 0.25) is 5.02 Å². The number of furan rings is 1. The Balaban J connectivity index is 0.00000180. The van der Waals surface area contributed by atoms with E-state index in [4.69, 9.17) is 16.0 Å². The summed E-state index contributed by atoms with van der Waals surface area (Å²) in [7, 11) is -3.67. The standard InChI is InChI=1S/C19H14ClNO3S2.ClH/c20-16-9-13(8-14-15-10-21-5-3-17(15)24-19(14)16)26(22,23)12-1-2-18-11(7-12)4-6-25-18;/h1-2,4,6-9,21H,3,5,10H2;1H. The minimum atomic E-state index is -3.67. The van der Waals surface area contributed by atoms with Gasteiger partial charge in [-0.25, -0.2) is 8.42 Å². The van der Waals surface area contributed by atoms with Crippen molar-refractivity contribution in [2.75, 3.05) is 6.54 Å². The first-order valence-corrected chi connectivity index (χ1v) is 10.9. The van der Waals surface area contributed by atoms with Crippen molar-refractivity contribution in [3.8, 4) is 0 Å². The molecule has 4 aromatic rings. The Morgan fingerprint density at radius 3 is 2.81 bits per heavy atom. The maximum Gasteiger partial charge on any atom is 0.206 e. The number of thiophene rings is 1. The summed E-state index contributed by atoms with van der Waals surface area (Å²) < 4.78 is 33.3. The highest BCUT2D eigenvalue weighted by Crippen LogP contribution is 2.37. The number of rotatable bonds is 2. The molecule has 8 heteroatoms. The van der Waals surface area contributed by atoms with Gasteiger partial charge in [-0.3, -0.25) is 0 Å². The maximum atomic E-state index is 13.2. The van der Waals surface area contributed by atoms with Gasteiger partial charge in [-0.1, -0.05) is 11.6 Å². The number of hydrogen-bond acceptors (Lipinski definition) is 5. The van der Waals surface area contributed by atoms with Crippen LogP contribution in [0, 0.1) is 0 Å². The van der Waals surface area contributed by atoms with Gasteiger partial charge in [0.1, 0.15) is 5.76 Å². The molecule has 27 heavy (non-hydrogen) atoms. The second-order valence-corrected chi connectivity index (χ2v) is 9.64. The smallest absolute Gasteiger partial charge is 0.206 e. The van der Waals surface area contributed by atoms with Crippen LogP contribution in [0.25, 0.3) is 21.1 Å². The second-order valence-electron chi connectivity index (χ2n) is 6.34. The van der Waals surface area contributed by atoms with Gasteiger partial charge in [0.25, 0.3) is 0 Å². The van der Waals surface area contributed by atoms with E-state index in [1.165, 1.54) is 6.07 Å². The molecule has 4 nitrogen and oxygen atoms in total. The Morgan fingerprint density at radius 2 is 1.96 bits per heavy atom. The van der Waals surface area contributed by atoms with Crippen LogP contribution in [0.4, 0.5) is 0 Å². The molecule has 0 aliphatic carbocycles. The number of fused-ring (bicyclic) bond motifs is 4. The monoisotopic (exact) mass is 439 g/mol. The molecule has 1 aliphatic rings. The topological polar surface area (TPSA) is 59.3 Å². The fourth-order valence-electron chi connectivity index (χ4n) is 3.45. The lowest BCUT2D eigenvalue weighted by molar-refractivity contribution is 0.500. The van der Waals surface area contributed by atoms with E-state index in [1.54, 1.807) is 29.5 Å². The summed E-state index contributed by atoms with van der Waals surface area (Å²) in [6.45, 7) is 1.50. The van der Waals surface area contributed by atoms with Crippen LogP contribution in [0.5, 0.6) is 0 Å². The Labute approximate surface area is 171 Å². The molecule has 0 radical (unpaired) electrons. The lowest BCUT2D eigenvalue weighted by atomic mass is 10.1. The zero-order chi connectivity index (χ0) is 17.9. The van der Waals surface area contributed by atoms with Crippen molar-refractivity contribution >= 4 is 66.2 Å². The van der Waals surface area contributed by atoms with Crippen molar-refractivity contribution in [3.63, 3.8) is 0 Å². The zero-order valence-corrected chi connectivity index (χ0v) is 17.2. The number of hydrogen-bond donors (Lipinski definition) is 1. The summed E-state index contributed by atoms with van der Waals surface area (Å²) in [6.07, 6.45) is 0.775. The average molecular weight is 440 g/mol. The van der Waals surface area contributed by atoms with Crippen LogP contribution >= 0.6 is 35.3 Å². The van der Waals surface area contributed by atoms with Gasteiger partial charge < -0.3 is 9.73 Å². The minimum Gasteiger partial charge on any atom is -0.459 e. The quantitative estimate of drug-likeness (QED) is 0.466. The van der Waals surface area contributed by atoms with E-state index in [-0.39, 0.29) is 22.2 Å². The first-order chi connectivity index (χ1) is 12.5. The van der Waals surface area contributed by atoms with Crippen molar-refractivity contribution in [3.05, 3.63) is 58.1 Å². The van der Waals surface area contributed by atoms with E-state index < -0.39 is 9.84 Å². The minimum absolute atomic E-state index is 0. The van der Waals surface area contributed by atoms with Gasteiger partial charge >= 0.3 is 0 Å². The number of nitrogens with one attached hydrogen (secondary N) is 1. The van der Waals surface area contributed by atoms with Crippen LogP contribution in [-0.2, 0) is 22.8 Å². The molecule has 140 valence electrons. The largest absolute Gasteiger partial charge is 0.459 e. The lowest BCUT2D eigenvalue weighted by Crippen LogP contribution is -2.22. The molecule has 0 amide bonds. The van der Waals surface area contributed by atoms with E-state index in [9.17, 15) is 8.42 Å². The van der Waals surface area contributed by atoms with E-state index >= 15 is 0 Å². The van der Waals surface area contributed by atoms with Crippen LogP contribution in [0.3, 0.4) is 0 Å². The molecule has 0 spiro atoms. The molecule has 0 bridgehead atoms. The molecule has 5 rings (SSSR count). The number of halogens is 2. The van der Waals surface area contributed by atoms with Gasteiger partial charge in [-0.2, -0.15) is 0 Å². The maximum absolute atomic E-state index is 13.2. The van der Waals surface area contributed by atoms with Crippen molar-refractivity contribution in [1.82, 2.24) is 5.32 Å². The third-order valence-electron chi connectivity index (χ3n) is 4.78.